The molecule has 3 heteroatoms. The van der Waals surface area contributed by atoms with Gasteiger partial charge < -0.3 is 9.72 Å². The van der Waals surface area contributed by atoms with E-state index in [9.17, 15) is 0 Å². The zero-order valence-corrected chi connectivity index (χ0v) is 8.42. The zero-order chi connectivity index (χ0) is 9.47. The van der Waals surface area contributed by atoms with Crippen molar-refractivity contribution < 1.29 is 4.74 Å². The topological polar surface area (TPSA) is 37.9 Å². The van der Waals surface area contributed by atoms with Crippen molar-refractivity contribution in [1.29, 1.82) is 0 Å². The minimum absolute atomic E-state index is 0.205. The number of fused-ring (bicyclic) bond motifs is 1. The maximum atomic E-state index is 5.76. The van der Waals surface area contributed by atoms with Crippen LogP contribution in [-0.4, -0.2) is 16.1 Å². The maximum Gasteiger partial charge on any atom is 0.0925 e. The van der Waals surface area contributed by atoms with Gasteiger partial charge in [0.05, 0.1) is 30.4 Å². The number of aromatic amines is 1. The highest BCUT2D eigenvalue weighted by Crippen LogP contribution is 2.29. The summed E-state index contributed by atoms with van der Waals surface area (Å²) in [4.78, 5) is 7.38. The van der Waals surface area contributed by atoms with Crippen LogP contribution in [0.1, 0.15) is 32.2 Å². The second-order valence-electron chi connectivity index (χ2n) is 4.70. The largest absolute Gasteiger partial charge is 0.371 e. The van der Waals surface area contributed by atoms with E-state index in [1.54, 1.807) is 6.33 Å². The third-order valence-corrected chi connectivity index (χ3v) is 2.58. The van der Waals surface area contributed by atoms with Gasteiger partial charge in [-0.1, -0.05) is 20.8 Å². The molecule has 13 heavy (non-hydrogen) atoms. The van der Waals surface area contributed by atoms with Crippen LogP contribution in [-0.2, 0) is 17.8 Å². The number of hydrogen-bond acceptors (Lipinski definition) is 2. The number of ether oxygens (including phenoxy) is 1. The van der Waals surface area contributed by atoms with Gasteiger partial charge in [-0.25, -0.2) is 4.98 Å². The molecule has 1 atom stereocenters. The Bertz CT molecular complexity index is 298. The Hall–Kier alpha value is -0.830. The second kappa shape index (κ2) is 2.84. The van der Waals surface area contributed by atoms with Crippen molar-refractivity contribution >= 4 is 0 Å². The van der Waals surface area contributed by atoms with E-state index >= 15 is 0 Å². The Balaban J connectivity index is 2.18. The molecule has 0 aromatic carbocycles. The fraction of sp³-hybridized carbons (Fsp3) is 0.700. The van der Waals surface area contributed by atoms with E-state index in [-0.39, 0.29) is 5.41 Å². The lowest BCUT2D eigenvalue weighted by Crippen LogP contribution is -2.34. The molecule has 0 saturated carbocycles. The fourth-order valence-electron chi connectivity index (χ4n) is 1.62. The number of nitrogens with zero attached hydrogens (tertiary/aromatic N) is 1. The fourth-order valence-corrected chi connectivity index (χ4v) is 1.62. The molecule has 0 bridgehead atoms. The first-order valence-corrected chi connectivity index (χ1v) is 4.70. The molecule has 0 radical (unpaired) electrons. The summed E-state index contributed by atoms with van der Waals surface area (Å²) in [5.74, 6) is 0. The Morgan fingerprint density at radius 2 is 2.31 bits per heavy atom. The van der Waals surface area contributed by atoms with Gasteiger partial charge in [-0.05, 0) is 5.41 Å². The first-order valence-electron chi connectivity index (χ1n) is 4.70. The van der Waals surface area contributed by atoms with Gasteiger partial charge >= 0.3 is 0 Å². The molecule has 1 unspecified atom stereocenters. The molecular formula is C10H16N2O. The van der Waals surface area contributed by atoms with Gasteiger partial charge in [0.1, 0.15) is 0 Å². The third kappa shape index (κ3) is 1.61. The summed E-state index contributed by atoms with van der Waals surface area (Å²) in [6.45, 7) is 7.29. The number of rotatable bonds is 0. The molecule has 2 heterocycles. The number of aromatic nitrogens is 2. The maximum absolute atomic E-state index is 5.76. The van der Waals surface area contributed by atoms with Crippen LogP contribution in [0.5, 0.6) is 0 Å². The highest BCUT2D eigenvalue weighted by molar-refractivity contribution is 5.14. The molecule has 3 nitrogen and oxygen atoms in total. The summed E-state index contributed by atoms with van der Waals surface area (Å²) in [5, 5.41) is 0. The smallest absolute Gasteiger partial charge is 0.0925 e. The van der Waals surface area contributed by atoms with Crippen LogP contribution in [0.3, 0.4) is 0 Å². The number of nitrogens with one attached hydrogen (secondary N) is 1. The molecule has 1 N–H and O–H groups in total. The van der Waals surface area contributed by atoms with Crippen LogP contribution in [0.15, 0.2) is 6.33 Å². The van der Waals surface area contributed by atoms with Crippen molar-refractivity contribution in [1.82, 2.24) is 9.97 Å². The van der Waals surface area contributed by atoms with E-state index in [1.165, 1.54) is 5.69 Å². The van der Waals surface area contributed by atoms with Gasteiger partial charge in [0.15, 0.2) is 0 Å². The lowest BCUT2D eigenvalue weighted by atomic mass is 9.85. The molecule has 0 aliphatic carbocycles. The van der Waals surface area contributed by atoms with Gasteiger partial charge in [-0.2, -0.15) is 0 Å². The minimum atomic E-state index is 0.205. The second-order valence-corrected chi connectivity index (χ2v) is 4.70. The van der Waals surface area contributed by atoms with Gasteiger partial charge in [-0.3, -0.25) is 0 Å². The third-order valence-electron chi connectivity index (χ3n) is 2.58. The van der Waals surface area contributed by atoms with Gasteiger partial charge in [-0.15, -0.1) is 0 Å². The normalized spacial score (nSPS) is 22.8. The van der Waals surface area contributed by atoms with Crippen LogP contribution < -0.4 is 0 Å². The first-order chi connectivity index (χ1) is 6.07. The van der Waals surface area contributed by atoms with Crippen molar-refractivity contribution in [3.63, 3.8) is 0 Å². The lowest BCUT2D eigenvalue weighted by Gasteiger charge is -2.33. The molecule has 2 rings (SSSR count). The summed E-state index contributed by atoms with van der Waals surface area (Å²) in [5.41, 5.74) is 2.52. The molecule has 1 aliphatic rings. The predicted molar refractivity (Wildman–Crippen MR) is 50.3 cm³/mol. The summed E-state index contributed by atoms with van der Waals surface area (Å²) in [7, 11) is 0. The molecule has 0 fully saturated rings. The average molecular weight is 180 g/mol. The van der Waals surface area contributed by atoms with Gasteiger partial charge in [0.2, 0.25) is 0 Å². The van der Waals surface area contributed by atoms with Gasteiger partial charge in [0, 0.05) is 6.42 Å². The van der Waals surface area contributed by atoms with Crippen molar-refractivity contribution in [2.45, 2.75) is 39.9 Å². The summed E-state index contributed by atoms with van der Waals surface area (Å²) in [6, 6.07) is 0. The molecule has 1 aliphatic heterocycles. The number of imidazole rings is 1. The average Bonchev–Trinajstić information content (AvgIpc) is 2.47. The Labute approximate surface area is 78.5 Å². The Kier molecular flexibility index (Phi) is 1.91. The van der Waals surface area contributed by atoms with Crippen molar-refractivity contribution in [3.05, 3.63) is 17.7 Å². The minimum Gasteiger partial charge on any atom is -0.371 e. The van der Waals surface area contributed by atoms with Gasteiger partial charge in [0.25, 0.3) is 0 Å². The van der Waals surface area contributed by atoms with E-state index in [2.05, 4.69) is 30.7 Å². The molecule has 1 aromatic heterocycles. The predicted octanol–water partition coefficient (Wildman–Crippen LogP) is 1.90. The molecule has 0 spiro atoms. The van der Waals surface area contributed by atoms with Crippen molar-refractivity contribution in [3.8, 4) is 0 Å². The van der Waals surface area contributed by atoms with E-state index in [1.807, 2.05) is 0 Å². The molecule has 72 valence electrons. The van der Waals surface area contributed by atoms with Crippen molar-refractivity contribution in [2.24, 2.45) is 5.41 Å². The Morgan fingerprint density at radius 3 is 3.00 bits per heavy atom. The molecule has 1 aromatic rings. The zero-order valence-electron chi connectivity index (χ0n) is 8.42. The van der Waals surface area contributed by atoms with Crippen LogP contribution in [0.4, 0.5) is 0 Å². The summed E-state index contributed by atoms with van der Waals surface area (Å²) < 4.78 is 5.76. The van der Waals surface area contributed by atoms with Crippen molar-refractivity contribution in [2.75, 3.05) is 0 Å². The highest BCUT2D eigenvalue weighted by atomic mass is 16.5. The standard InChI is InChI=1S/C10H16N2O/c1-10(2,3)9-4-7-8(5-13-9)12-6-11-7/h6,9H,4-5H2,1-3H3,(H,11,12). The first kappa shape index (κ1) is 8.75. The molecule has 0 amide bonds. The Morgan fingerprint density at radius 1 is 1.54 bits per heavy atom. The van der Waals surface area contributed by atoms with Crippen LogP contribution in [0.25, 0.3) is 0 Å². The molecular weight excluding hydrogens is 164 g/mol. The monoisotopic (exact) mass is 180 g/mol. The highest BCUT2D eigenvalue weighted by Gasteiger charge is 2.30. The lowest BCUT2D eigenvalue weighted by molar-refractivity contribution is -0.0394. The van der Waals surface area contributed by atoms with Crippen LogP contribution >= 0.6 is 0 Å². The van der Waals surface area contributed by atoms with E-state index in [4.69, 9.17) is 4.74 Å². The van der Waals surface area contributed by atoms with E-state index in [0.29, 0.717) is 12.7 Å². The summed E-state index contributed by atoms with van der Waals surface area (Å²) >= 11 is 0. The van der Waals surface area contributed by atoms with E-state index < -0.39 is 0 Å². The SMILES string of the molecule is CC(C)(C)C1Cc2nc[nH]c2CO1. The number of H-pyrrole nitrogens is 1. The molecule has 0 saturated heterocycles. The van der Waals surface area contributed by atoms with Crippen LogP contribution in [0, 0.1) is 5.41 Å². The van der Waals surface area contributed by atoms with Crippen LogP contribution in [0.2, 0.25) is 0 Å². The number of hydrogen-bond donors (Lipinski definition) is 1. The quantitative estimate of drug-likeness (QED) is 0.662. The summed E-state index contributed by atoms with van der Waals surface area (Å²) in [6.07, 6.45) is 2.98. The van der Waals surface area contributed by atoms with E-state index in [0.717, 1.165) is 12.1 Å².